The zero-order chi connectivity index (χ0) is 23.8. The predicted octanol–water partition coefficient (Wildman–Crippen LogP) is 5.85. The third kappa shape index (κ3) is 3.99. The summed E-state index contributed by atoms with van der Waals surface area (Å²) in [4.78, 5) is 31.8. The highest BCUT2D eigenvalue weighted by Crippen LogP contribution is 2.41. The highest BCUT2D eigenvalue weighted by atomic mass is 16.5. The summed E-state index contributed by atoms with van der Waals surface area (Å²) in [5, 5.41) is 0. The molecule has 0 spiro atoms. The van der Waals surface area contributed by atoms with Gasteiger partial charge in [-0.15, -0.1) is 0 Å². The maximum atomic E-state index is 12.6. The Bertz CT molecular complexity index is 1220. The number of hydrogen-bond acceptors (Lipinski definition) is 4. The number of imidazole rings is 1. The van der Waals surface area contributed by atoms with Gasteiger partial charge >= 0.3 is 6.09 Å². The second-order valence-electron chi connectivity index (χ2n) is 9.85. The second kappa shape index (κ2) is 9.24. The van der Waals surface area contributed by atoms with E-state index in [0.29, 0.717) is 5.78 Å². The van der Waals surface area contributed by atoms with Crippen molar-refractivity contribution in [2.45, 2.75) is 70.9 Å². The number of hydrogen-bond donors (Lipinski definition) is 0. The van der Waals surface area contributed by atoms with Crippen LogP contribution in [0.15, 0.2) is 42.5 Å². The van der Waals surface area contributed by atoms with Gasteiger partial charge in [-0.05, 0) is 63.6 Å². The van der Waals surface area contributed by atoms with Crippen LogP contribution in [-0.4, -0.2) is 34.6 Å². The number of nitrogens with zero attached hydrogens (tertiary/aromatic N) is 3. The second-order valence-corrected chi connectivity index (χ2v) is 9.85. The molecule has 3 aromatic rings. The van der Waals surface area contributed by atoms with E-state index in [-0.39, 0.29) is 24.1 Å². The molecule has 6 nitrogen and oxygen atoms in total. The van der Waals surface area contributed by atoms with Crippen molar-refractivity contribution in [1.29, 1.82) is 0 Å². The third-order valence-corrected chi connectivity index (χ3v) is 7.69. The number of rotatable bonds is 4. The molecule has 2 aromatic carbocycles. The number of carbonyl (C=O) groups excluding carboxylic acids is 2. The fourth-order valence-corrected chi connectivity index (χ4v) is 5.90. The standard InChI is InChI=1S/C28H33N3O3/c1-18-12-13-23-24(30(18)28(33)34-3)14-15-25-27(23)29-26(16-20-8-5-4-6-9-20)31(25)22-11-7-10-21(17-22)19(2)32/h4-6,8-9,14-15,18,21-22H,7,10-13,16-17H2,1-3H3/t18-,21+,22+/m0/s1. The normalized spacial score (nSPS) is 22.4. The summed E-state index contributed by atoms with van der Waals surface area (Å²) in [6, 6.07) is 14.9. The van der Waals surface area contributed by atoms with E-state index in [2.05, 4.69) is 47.9 Å². The van der Waals surface area contributed by atoms with E-state index in [4.69, 9.17) is 9.72 Å². The highest BCUT2D eigenvalue weighted by molar-refractivity contribution is 5.95. The molecule has 1 fully saturated rings. The van der Waals surface area contributed by atoms with Crippen molar-refractivity contribution in [3.05, 3.63) is 59.4 Å². The Morgan fingerprint density at radius 2 is 1.88 bits per heavy atom. The van der Waals surface area contributed by atoms with Gasteiger partial charge < -0.3 is 9.30 Å². The number of methoxy groups -OCH3 is 1. The van der Waals surface area contributed by atoms with Crippen molar-refractivity contribution in [2.24, 2.45) is 5.92 Å². The minimum atomic E-state index is -0.326. The first kappa shape index (κ1) is 22.6. The van der Waals surface area contributed by atoms with E-state index in [1.165, 1.54) is 12.7 Å². The summed E-state index contributed by atoms with van der Waals surface area (Å²) < 4.78 is 7.50. The lowest BCUT2D eigenvalue weighted by molar-refractivity contribution is -0.122. The summed E-state index contributed by atoms with van der Waals surface area (Å²) in [7, 11) is 1.43. The Morgan fingerprint density at radius 3 is 2.62 bits per heavy atom. The zero-order valence-corrected chi connectivity index (χ0v) is 20.3. The van der Waals surface area contributed by atoms with Crippen LogP contribution in [0.2, 0.25) is 0 Å². The molecule has 1 aromatic heterocycles. The van der Waals surface area contributed by atoms with E-state index in [9.17, 15) is 9.59 Å². The van der Waals surface area contributed by atoms with Crippen LogP contribution in [0, 0.1) is 5.92 Å². The van der Waals surface area contributed by atoms with Gasteiger partial charge in [0.25, 0.3) is 0 Å². The number of anilines is 1. The molecule has 1 saturated carbocycles. The van der Waals surface area contributed by atoms with Crippen LogP contribution < -0.4 is 4.90 Å². The minimum absolute atomic E-state index is 0.0814. The molecule has 1 amide bonds. The molecule has 0 saturated heterocycles. The quantitative estimate of drug-likeness (QED) is 0.491. The lowest BCUT2D eigenvalue weighted by Crippen LogP contribution is -2.42. The van der Waals surface area contributed by atoms with Crippen molar-refractivity contribution in [2.75, 3.05) is 12.0 Å². The molecular weight excluding hydrogens is 426 g/mol. The van der Waals surface area contributed by atoms with Crippen molar-refractivity contribution < 1.29 is 14.3 Å². The van der Waals surface area contributed by atoms with E-state index in [1.54, 1.807) is 11.8 Å². The Morgan fingerprint density at radius 1 is 1.09 bits per heavy atom. The molecule has 1 aliphatic heterocycles. The number of benzene rings is 2. The van der Waals surface area contributed by atoms with Crippen LogP contribution in [0.25, 0.3) is 11.0 Å². The first-order valence-corrected chi connectivity index (χ1v) is 12.4. The molecule has 178 valence electrons. The number of ether oxygens (including phenoxy) is 1. The van der Waals surface area contributed by atoms with Crippen molar-refractivity contribution >= 4 is 28.6 Å². The van der Waals surface area contributed by atoms with Gasteiger partial charge in [0.05, 0.1) is 23.8 Å². The smallest absolute Gasteiger partial charge is 0.414 e. The van der Waals surface area contributed by atoms with Gasteiger partial charge in [0.15, 0.2) is 0 Å². The van der Waals surface area contributed by atoms with Crippen LogP contribution in [0.1, 0.15) is 68.9 Å². The number of Topliss-reactive ketones (excluding diaryl/α,β-unsaturated/α-hetero) is 1. The van der Waals surface area contributed by atoms with Gasteiger partial charge in [-0.3, -0.25) is 9.69 Å². The average Bonchev–Trinajstić information content (AvgIpc) is 3.22. The third-order valence-electron chi connectivity index (χ3n) is 7.69. The lowest BCUT2D eigenvalue weighted by Gasteiger charge is -2.34. The predicted molar refractivity (Wildman–Crippen MR) is 133 cm³/mol. The molecule has 0 unspecified atom stereocenters. The minimum Gasteiger partial charge on any atom is -0.452 e. The molecule has 34 heavy (non-hydrogen) atoms. The van der Waals surface area contributed by atoms with Gasteiger partial charge in [-0.25, -0.2) is 9.78 Å². The molecule has 2 aliphatic rings. The zero-order valence-electron chi connectivity index (χ0n) is 20.3. The van der Waals surface area contributed by atoms with E-state index in [1.807, 2.05) is 6.07 Å². The van der Waals surface area contributed by atoms with Crippen LogP contribution in [0.5, 0.6) is 0 Å². The molecule has 6 heteroatoms. The number of carbonyl (C=O) groups is 2. The van der Waals surface area contributed by atoms with Gasteiger partial charge in [0, 0.05) is 30.0 Å². The number of aryl methyl sites for hydroxylation is 1. The van der Waals surface area contributed by atoms with Crippen LogP contribution in [0.3, 0.4) is 0 Å². The molecule has 0 N–H and O–H groups in total. The Labute approximate surface area is 200 Å². The summed E-state index contributed by atoms with van der Waals surface area (Å²) in [5.74, 6) is 1.44. The molecule has 5 rings (SSSR count). The molecule has 0 bridgehead atoms. The number of fused-ring (bicyclic) bond motifs is 3. The molecule has 1 aliphatic carbocycles. The highest BCUT2D eigenvalue weighted by Gasteiger charge is 2.33. The SMILES string of the molecule is COC(=O)N1c2ccc3c(nc(Cc4ccccc4)n3[C@@H]3CCC[C@@H](C(C)=O)C3)c2CC[C@@H]1C. The summed E-state index contributed by atoms with van der Waals surface area (Å²) in [5.41, 5.74) is 5.33. The Hall–Kier alpha value is -3.15. The number of aromatic nitrogens is 2. The fraction of sp³-hybridized carbons (Fsp3) is 0.464. The van der Waals surface area contributed by atoms with E-state index in [0.717, 1.165) is 73.1 Å². The molecular formula is C28H33N3O3. The van der Waals surface area contributed by atoms with Gasteiger partial charge in [0.2, 0.25) is 0 Å². The van der Waals surface area contributed by atoms with Crippen molar-refractivity contribution in [3.63, 3.8) is 0 Å². The number of amides is 1. The lowest BCUT2D eigenvalue weighted by atomic mass is 9.83. The summed E-state index contributed by atoms with van der Waals surface area (Å²) in [6.45, 7) is 3.79. The van der Waals surface area contributed by atoms with Gasteiger partial charge in [-0.1, -0.05) is 36.8 Å². The Balaban J connectivity index is 1.65. The molecule has 2 heterocycles. The van der Waals surface area contributed by atoms with Crippen molar-refractivity contribution in [3.8, 4) is 0 Å². The Kier molecular flexibility index (Phi) is 6.15. The monoisotopic (exact) mass is 459 g/mol. The topological polar surface area (TPSA) is 64.4 Å². The average molecular weight is 460 g/mol. The fourth-order valence-electron chi connectivity index (χ4n) is 5.90. The summed E-state index contributed by atoms with van der Waals surface area (Å²) in [6.07, 6.45) is 6.12. The molecule has 3 atom stereocenters. The van der Waals surface area contributed by atoms with Crippen LogP contribution in [0.4, 0.5) is 10.5 Å². The van der Waals surface area contributed by atoms with Crippen LogP contribution >= 0.6 is 0 Å². The maximum Gasteiger partial charge on any atom is 0.414 e. The van der Waals surface area contributed by atoms with Crippen molar-refractivity contribution in [1.82, 2.24) is 9.55 Å². The van der Waals surface area contributed by atoms with E-state index < -0.39 is 0 Å². The van der Waals surface area contributed by atoms with Gasteiger partial charge in [0.1, 0.15) is 11.6 Å². The molecule has 0 radical (unpaired) electrons. The summed E-state index contributed by atoms with van der Waals surface area (Å²) >= 11 is 0. The van der Waals surface area contributed by atoms with E-state index >= 15 is 0 Å². The first-order chi connectivity index (χ1) is 16.5. The van der Waals surface area contributed by atoms with Crippen LogP contribution in [-0.2, 0) is 22.4 Å². The van der Waals surface area contributed by atoms with Gasteiger partial charge in [-0.2, -0.15) is 0 Å². The largest absolute Gasteiger partial charge is 0.452 e. The number of ketones is 1. The maximum absolute atomic E-state index is 12.6. The first-order valence-electron chi connectivity index (χ1n) is 12.4.